The molecule has 0 saturated carbocycles. The van der Waals surface area contributed by atoms with Gasteiger partial charge in [-0.3, -0.25) is 14.0 Å². The molecule has 21 heteroatoms. The maximum absolute atomic E-state index is 13.4. The summed E-state index contributed by atoms with van der Waals surface area (Å²) in [7, 11) is -7.73. The molecule has 0 saturated heterocycles. The van der Waals surface area contributed by atoms with Gasteiger partial charge in [0.15, 0.2) is 0 Å². The van der Waals surface area contributed by atoms with Crippen LogP contribution in [0.25, 0.3) is 0 Å². The third kappa shape index (κ3) is 4.50. The van der Waals surface area contributed by atoms with Gasteiger partial charge in [0, 0.05) is 0 Å². The van der Waals surface area contributed by atoms with Gasteiger partial charge in [0.05, 0.1) is 0 Å². The second kappa shape index (κ2) is 6.65. The van der Waals surface area contributed by atoms with E-state index in [9.17, 15) is 74.3 Å². The van der Waals surface area contributed by atoms with E-state index >= 15 is 0 Å². The Morgan fingerprint density at radius 3 is 1.11 bits per heavy atom. The van der Waals surface area contributed by atoms with Crippen molar-refractivity contribution < 1.29 is 88.3 Å². The second-order valence-electron chi connectivity index (χ2n) is 4.34. The maximum Gasteiger partial charge on any atom is 0.483 e. The van der Waals surface area contributed by atoms with Crippen molar-refractivity contribution in [2.75, 3.05) is 0 Å². The molecule has 28 heavy (non-hydrogen) atoms. The summed E-state index contributed by atoms with van der Waals surface area (Å²) in [4.78, 5) is 0. The van der Waals surface area contributed by atoms with E-state index in [1.54, 1.807) is 0 Å². The highest BCUT2D eigenvalue weighted by atomic mass is 32.2. The van der Waals surface area contributed by atoms with Gasteiger partial charge in [-0.15, -0.1) is 0 Å². The van der Waals surface area contributed by atoms with Crippen molar-refractivity contribution in [1.82, 2.24) is 0 Å². The Labute approximate surface area is 141 Å². The minimum absolute atomic E-state index is 1.25. The van der Waals surface area contributed by atoms with Crippen LogP contribution in [0.5, 0.6) is 0 Å². The van der Waals surface area contributed by atoms with Crippen molar-refractivity contribution in [3.05, 3.63) is 0 Å². The average molecular weight is 482 g/mol. The molecule has 0 radical (unpaired) electrons. The van der Waals surface area contributed by atoms with Crippen LogP contribution in [0, 0.1) is 0 Å². The van der Waals surface area contributed by atoms with Crippen LogP contribution in [-0.2, 0) is 19.6 Å². The first kappa shape index (κ1) is 26.8. The predicted molar refractivity (Wildman–Crippen MR) is 49.5 cm³/mol. The van der Waals surface area contributed by atoms with Gasteiger partial charge >= 0.3 is 51.9 Å². The van der Waals surface area contributed by atoms with Gasteiger partial charge in [0.1, 0.15) is 0 Å². The smallest absolute Gasteiger partial charge is 0.281 e. The lowest BCUT2D eigenvalue weighted by Gasteiger charge is -2.38. The average Bonchev–Trinajstić information content (AvgIpc) is 2.31. The molecule has 2 atom stereocenters. The van der Waals surface area contributed by atoms with E-state index in [1.807, 2.05) is 0 Å². The molecule has 5 nitrogen and oxygen atoms in total. The summed E-state index contributed by atoms with van der Waals surface area (Å²) in [6.07, 6.45) is -38.1. The SMILES string of the molecule is O=S(=O)(O)C(F)(OC(F)(F)C(F)(OC(F)(F)C(F)(F)F)C(F)(F)F)C(F)(F)F. The number of hydrogen-bond acceptors (Lipinski definition) is 4. The van der Waals surface area contributed by atoms with Crippen LogP contribution >= 0.6 is 0 Å². The van der Waals surface area contributed by atoms with Crippen LogP contribution in [0.3, 0.4) is 0 Å². The molecule has 0 bridgehead atoms. The molecule has 0 aliphatic carbocycles. The zero-order valence-electron chi connectivity index (χ0n) is 11.7. The molecular weight excluding hydrogens is 481 g/mol. The third-order valence-corrected chi connectivity index (χ3v) is 3.25. The molecule has 2 unspecified atom stereocenters. The Kier molecular flexibility index (Phi) is 6.36. The highest BCUT2D eigenvalue weighted by molar-refractivity contribution is 7.87. The summed E-state index contributed by atoms with van der Waals surface area (Å²) in [6.45, 7) is 0. The van der Waals surface area contributed by atoms with Gasteiger partial charge in [0.25, 0.3) is 0 Å². The Hall–Kier alpha value is -1.22. The number of ether oxygens (including phenoxy) is 2. The lowest BCUT2D eigenvalue weighted by Crippen LogP contribution is -2.66. The Bertz CT molecular complexity index is 676. The van der Waals surface area contributed by atoms with E-state index in [4.69, 9.17) is 4.55 Å². The molecule has 0 fully saturated rings. The lowest BCUT2D eigenvalue weighted by molar-refractivity contribution is -0.542. The first-order valence-corrected chi connectivity index (χ1v) is 6.81. The molecule has 0 aliphatic rings. The van der Waals surface area contributed by atoms with Crippen LogP contribution in [-0.4, -0.2) is 54.8 Å². The summed E-state index contributed by atoms with van der Waals surface area (Å²) >= 11 is 0. The Morgan fingerprint density at radius 1 is 0.536 bits per heavy atom. The summed E-state index contributed by atoms with van der Waals surface area (Å²) in [5, 5.41) is -7.33. The predicted octanol–water partition coefficient (Wildman–Crippen LogP) is 4.07. The molecule has 0 amide bonds. The highest BCUT2D eigenvalue weighted by Crippen LogP contribution is 2.55. The number of hydrogen-bond donors (Lipinski definition) is 1. The molecule has 1 N–H and O–H groups in total. The van der Waals surface area contributed by atoms with E-state index in [2.05, 4.69) is 0 Å². The molecule has 0 aromatic rings. The van der Waals surface area contributed by atoms with Crippen molar-refractivity contribution in [2.24, 2.45) is 0 Å². The van der Waals surface area contributed by atoms with Gasteiger partial charge in [-0.25, -0.2) is 0 Å². The van der Waals surface area contributed by atoms with Gasteiger partial charge in [-0.2, -0.15) is 74.3 Å². The van der Waals surface area contributed by atoms with Crippen LogP contribution in [0.1, 0.15) is 0 Å². The largest absolute Gasteiger partial charge is 0.483 e. The van der Waals surface area contributed by atoms with E-state index in [1.165, 1.54) is 9.47 Å². The van der Waals surface area contributed by atoms with Crippen LogP contribution < -0.4 is 0 Å². The molecule has 0 aromatic carbocycles. The van der Waals surface area contributed by atoms with Crippen LogP contribution in [0.2, 0.25) is 0 Å². The highest BCUT2D eigenvalue weighted by Gasteiger charge is 2.84. The molecule has 170 valence electrons. The fraction of sp³-hybridized carbons (Fsp3) is 1.00. The molecule has 0 rings (SSSR count). The molecule has 0 heterocycles. The first-order valence-electron chi connectivity index (χ1n) is 5.37. The van der Waals surface area contributed by atoms with Crippen molar-refractivity contribution >= 4 is 10.1 Å². The fourth-order valence-corrected chi connectivity index (χ4v) is 1.51. The van der Waals surface area contributed by atoms with Crippen molar-refractivity contribution in [2.45, 2.75) is 41.8 Å². The van der Waals surface area contributed by atoms with E-state index in [0.29, 0.717) is 0 Å². The van der Waals surface area contributed by atoms with Gasteiger partial charge in [-0.05, 0) is 0 Å². The number of halogens is 15. The molecule has 0 aliphatic heterocycles. The van der Waals surface area contributed by atoms with Crippen molar-refractivity contribution in [3.8, 4) is 0 Å². The summed E-state index contributed by atoms with van der Waals surface area (Å²) < 4.78 is 218. The fourth-order valence-electron chi connectivity index (χ4n) is 1.00. The molecular formula is C7HF15O5S. The van der Waals surface area contributed by atoms with Gasteiger partial charge in [-0.1, -0.05) is 0 Å². The van der Waals surface area contributed by atoms with Gasteiger partial charge in [0.2, 0.25) is 0 Å². The quantitative estimate of drug-likeness (QED) is 0.457. The number of alkyl halides is 15. The van der Waals surface area contributed by atoms with E-state index < -0.39 is 51.9 Å². The summed E-state index contributed by atoms with van der Waals surface area (Å²) in [5.41, 5.74) is 0. The Balaban J connectivity index is 6.62. The first-order chi connectivity index (χ1) is 11.7. The lowest BCUT2D eigenvalue weighted by atomic mass is 10.2. The third-order valence-electron chi connectivity index (χ3n) is 2.27. The Morgan fingerprint density at radius 2 is 0.893 bits per heavy atom. The van der Waals surface area contributed by atoms with Gasteiger partial charge < -0.3 is 0 Å². The molecule has 0 spiro atoms. The topological polar surface area (TPSA) is 72.8 Å². The second-order valence-corrected chi connectivity index (χ2v) is 5.81. The molecule has 0 aromatic heterocycles. The van der Waals surface area contributed by atoms with E-state index in [0.717, 1.165) is 0 Å². The monoisotopic (exact) mass is 482 g/mol. The van der Waals surface area contributed by atoms with Crippen molar-refractivity contribution in [3.63, 3.8) is 0 Å². The maximum atomic E-state index is 13.4. The summed E-state index contributed by atoms with van der Waals surface area (Å²) in [5.74, 6) is -7.92. The normalized spacial score (nSPS) is 19.9. The minimum Gasteiger partial charge on any atom is -0.281 e. The van der Waals surface area contributed by atoms with E-state index in [-0.39, 0.29) is 0 Å². The summed E-state index contributed by atoms with van der Waals surface area (Å²) in [6, 6.07) is 0. The van der Waals surface area contributed by atoms with Crippen molar-refractivity contribution in [1.29, 1.82) is 0 Å². The zero-order valence-corrected chi connectivity index (χ0v) is 12.5. The van der Waals surface area contributed by atoms with Crippen LogP contribution in [0.4, 0.5) is 65.9 Å². The standard InChI is InChI=1S/C7HF15O5S/c8-1(2(9,10)11,26-6(20,21)3(12,13)14)5(18,19)27-7(22,4(15,16)17)28(23,24)25/h(H,23,24,25). The zero-order chi connectivity index (χ0) is 23.4. The minimum atomic E-state index is -7.92. The van der Waals surface area contributed by atoms with Crippen LogP contribution in [0.15, 0.2) is 0 Å². The number of rotatable bonds is 6.